The van der Waals surface area contributed by atoms with Crippen molar-refractivity contribution in [1.82, 2.24) is 20.5 Å². The highest BCUT2D eigenvalue weighted by Gasteiger charge is 2.21. The normalized spacial score (nSPS) is 14.7. The number of thiazole rings is 1. The SMILES string of the molecule is CCNC(=NCC(=O)N1CCN(c2ccc(Cl)cc2)CC1)NCc1ncc(CC)s1. The topological polar surface area (TPSA) is 72.9 Å². The van der Waals surface area contributed by atoms with Crippen molar-refractivity contribution in [1.29, 1.82) is 0 Å². The fraction of sp³-hybridized carbons (Fsp3) is 0.476. The first-order valence-corrected chi connectivity index (χ1v) is 11.5. The van der Waals surface area contributed by atoms with Crippen molar-refractivity contribution >= 4 is 40.5 Å². The molecule has 9 heteroatoms. The van der Waals surface area contributed by atoms with E-state index in [2.05, 4.69) is 32.4 Å². The van der Waals surface area contributed by atoms with Crippen molar-refractivity contribution in [2.45, 2.75) is 26.8 Å². The van der Waals surface area contributed by atoms with Crippen LogP contribution >= 0.6 is 22.9 Å². The van der Waals surface area contributed by atoms with Gasteiger partial charge in [0.1, 0.15) is 11.6 Å². The number of piperazine rings is 1. The molecule has 0 spiro atoms. The van der Waals surface area contributed by atoms with Crippen LogP contribution in [-0.2, 0) is 17.8 Å². The first-order valence-electron chi connectivity index (χ1n) is 10.3. The summed E-state index contributed by atoms with van der Waals surface area (Å²) in [4.78, 5) is 26.9. The lowest BCUT2D eigenvalue weighted by Gasteiger charge is -2.36. The molecule has 2 heterocycles. The first kappa shape index (κ1) is 22.4. The van der Waals surface area contributed by atoms with Crippen molar-refractivity contribution in [3.8, 4) is 0 Å². The van der Waals surface area contributed by atoms with E-state index in [0.29, 0.717) is 25.6 Å². The lowest BCUT2D eigenvalue weighted by atomic mass is 10.2. The molecule has 1 saturated heterocycles. The maximum atomic E-state index is 12.6. The number of carbonyl (C=O) groups is 1. The molecule has 0 saturated carbocycles. The van der Waals surface area contributed by atoms with E-state index in [9.17, 15) is 4.79 Å². The Kier molecular flexibility index (Phi) is 8.33. The Morgan fingerprint density at radius 2 is 1.90 bits per heavy atom. The zero-order valence-electron chi connectivity index (χ0n) is 17.5. The number of aliphatic imine (C=N–C) groups is 1. The molecule has 1 aliphatic rings. The Morgan fingerprint density at radius 1 is 1.17 bits per heavy atom. The van der Waals surface area contributed by atoms with Gasteiger partial charge < -0.3 is 20.4 Å². The van der Waals surface area contributed by atoms with E-state index in [1.54, 1.807) is 11.3 Å². The van der Waals surface area contributed by atoms with Crippen LogP contribution in [0.4, 0.5) is 5.69 Å². The molecule has 7 nitrogen and oxygen atoms in total. The summed E-state index contributed by atoms with van der Waals surface area (Å²) < 4.78 is 0. The molecule has 162 valence electrons. The highest BCUT2D eigenvalue weighted by atomic mass is 35.5. The molecule has 3 rings (SSSR count). The summed E-state index contributed by atoms with van der Waals surface area (Å²) in [5, 5.41) is 8.20. The van der Waals surface area contributed by atoms with Crippen LogP contribution in [0.2, 0.25) is 5.02 Å². The minimum atomic E-state index is 0.0467. The fourth-order valence-corrected chi connectivity index (χ4v) is 4.14. The van der Waals surface area contributed by atoms with Gasteiger partial charge in [-0.1, -0.05) is 18.5 Å². The summed E-state index contributed by atoms with van der Waals surface area (Å²) in [6.07, 6.45) is 2.91. The average Bonchev–Trinajstić information content (AvgIpc) is 3.24. The van der Waals surface area contributed by atoms with Crippen LogP contribution in [0.3, 0.4) is 0 Å². The Hall–Kier alpha value is -2.32. The third-order valence-corrected chi connectivity index (χ3v) is 6.29. The van der Waals surface area contributed by atoms with E-state index in [-0.39, 0.29) is 12.5 Å². The number of halogens is 1. The third kappa shape index (κ3) is 6.34. The summed E-state index contributed by atoms with van der Waals surface area (Å²) >= 11 is 7.66. The standard InChI is InChI=1S/C21H29ClN6OS/c1-3-18-13-24-19(30-18)14-25-21(23-4-2)26-15-20(29)28-11-9-27(10-12-28)17-7-5-16(22)6-8-17/h5-8,13H,3-4,9-12,14-15H2,1-2H3,(H2,23,25,26). The molecule has 1 fully saturated rings. The minimum Gasteiger partial charge on any atom is -0.368 e. The Balaban J connectivity index is 1.48. The second kappa shape index (κ2) is 11.2. The molecule has 1 aromatic carbocycles. The van der Waals surface area contributed by atoms with Gasteiger partial charge in [0.15, 0.2) is 5.96 Å². The quantitative estimate of drug-likeness (QED) is 0.503. The van der Waals surface area contributed by atoms with Gasteiger partial charge in [0.05, 0.1) is 6.54 Å². The number of benzene rings is 1. The second-order valence-corrected chi connectivity index (χ2v) is 8.60. The van der Waals surface area contributed by atoms with Crippen LogP contribution in [0.5, 0.6) is 0 Å². The molecular formula is C21H29ClN6OS. The summed E-state index contributed by atoms with van der Waals surface area (Å²) in [6, 6.07) is 7.83. The summed E-state index contributed by atoms with van der Waals surface area (Å²) in [7, 11) is 0. The predicted octanol–water partition coefficient (Wildman–Crippen LogP) is 2.76. The molecule has 1 aliphatic heterocycles. The van der Waals surface area contributed by atoms with E-state index in [0.717, 1.165) is 41.8 Å². The van der Waals surface area contributed by atoms with Crippen LogP contribution in [0.25, 0.3) is 0 Å². The highest BCUT2D eigenvalue weighted by molar-refractivity contribution is 7.11. The molecule has 2 N–H and O–H groups in total. The monoisotopic (exact) mass is 448 g/mol. The largest absolute Gasteiger partial charge is 0.368 e. The molecular weight excluding hydrogens is 420 g/mol. The van der Waals surface area contributed by atoms with Gasteiger partial charge >= 0.3 is 0 Å². The number of anilines is 1. The summed E-state index contributed by atoms with van der Waals surface area (Å²) in [5.74, 6) is 0.685. The van der Waals surface area contributed by atoms with Gasteiger partial charge in [0, 0.05) is 54.5 Å². The van der Waals surface area contributed by atoms with Crippen molar-refractivity contribution in [2.24, 2.45) is 4.99 Å². The fourth-order valence-electron chi connectivity index (χ4n) is 3.21. The number of rotatable bonds is 7. The number of nitrogens with zero attached hydrogens (tertiary/aromatic N) is 4. The predicted molar refractivity (Wildman–Crippen MR) is 125 cm³/mol. The number of guanidine groups is 1. The lowest BCUT2D eigenvalue weighted by Crippen LogP contribution is -2.49. The van der Waals surface area contributed by atoms with Gasteiger partial charge in [-0.05, 0) is 37.6 Å². The minimum absolute atomic E-state index is 0.0467. The zero-order chi connectivity index (χ0) is 21.3. The van der Waals surface area contributed by atoms with E-state index in [1.807, 2.05) is 42.3 Å². The number of hydrogen-bond donors (Lipinski definition) is 2. The third-order valence-electron chi connectivity index (χ3n) is 4.90. The molecule has 0 radical (unpaired) electrons. The van der Waals surface area contributed by atoms with E-state index in [4.69, 9.17) is 11.6 Å². The van der Waals surface area contributed by atoms with Crippen LogP contribution in [0, 0.1) is 0 Å². The van der Waals surface area contributed by atoms with Gasteiger partial charge in [-0.15, -0.1) is 11.3 Å². The number of nitrogens with one attached hydrogen (secondary N) is 2. The van der Waals surface area contributed by atoms with Crippen LogP contribution in [0.1, 0.15) is 23.7 Å². The molecule has 1 aromatic heterocycles. The van der Waals surface area contributed by atoms with Crippen molar-refractivity contribution < 1.29 is 4.79 Å². The van der Waals surface area contributed by atoms with Crippen molar-refractivity contribution in [2.75, 3.05) is 44.2 Å². The summed E-state index contributed by atoms with van der Waals surface area (Å²) in [6.45, 7) is 8.60. The van der Waals surface area contributed by atoms with Crippen LogP contribution < -0.4 is 15.5 Å². The van der Waals surface area contributed by atoms with Crippen LogP contribution in [0.15, 0.2) is 35.5 Å². The molecule has 0 bridgehead atoms. The number of carbonyl (C=O) groups excluding carboxylic acids is 1. The molecule has 1 amide bonds. The molecule has 30 heavy (non-hydrogen) atoms. The number of amides is 1. The number of aryl methyl sites for hydroxylation is 1. The second-order valence-electron chi connectivity index (χ2n) is 6.97. The first-order chi connectivity index (χ1) is 14.6. The van der Waals surface area contributed by atoms with Crippen LogP contribution in [-0.4, -0.2) is 61.0 Å². The maximum Gasteiger partial charge on any atom is 0.244 e. The Morgan fingerprint density at radius 3 is 2.53 bits per heavy atom. The van der Waals surface area contributed by atoms with Gasteiger partial charge in [-0.25, -0.2) is 9.98 Å². The smallest absolute Gasteiger partial charge is 0.244 e. The van der Waals surface area contributed by atoms with Gasteiger partial charge in [-0.2, -0.15) is 0 Å². The van der Waals surface area contributed by atoms with Gasteiger partial charge in [-0.3, -0.25) is 4.79 Å². The molecule has 2 aromatic rings. The van der Waals surface area contributed by atoms with E-state index in [1.165, 1.54) is 4.88 Å². The highest BCUT2D eigenvalue weighted by Crippen LogP contribution is 2.19. The number of hydrogen-bond acceptors (Lipinski definition) is 5. The van der Waals surface area contributed by atoms with Crippen molar-refractivity contribution in [3.05, 3.63) is 45.4 Å². The zero-order valence-corrected chi connectivity index (χ0v) is 19.1. The van der Waals surface area contributed by atoms with Gasteiger partial charge in [0.2, 0.25) is 5.91 Å². The van der Waals surface area contributed by atoms with E-state index >= 15 is 0 Å². The summed E-state index contributed by atoms with van der Waals surface area (Å²) in [5.41, 5.74) is 1.14. The van der Waals surface area contributed by atoms with Crippen molar-refractivity contribution in [3.63, 3.8) is 0 Å². The van der Waals surface area contributed by atoms with E-state index < -0.39 is 0 Å². The lowest BCUT2D eigenvalue weighted by molar-refractivity contribution is -0.129. The number of aromatic nitrogens is 1. The molecule has 0 aliphatic carbocycles. The maximum absolute atomic E-state index is 12.6. The average molecular weight is 449 g/mol. The molecule has 0 atom stereocenters. The van der Waals surface area contributed by atoms with Gasteiger partial charge in [0.25, 0.3) is 0 Å². The molecule has 0 unspecified atom stereocenters. The Bertz CT molecular complexity index is 845. The Labute approximate surface area is 187 Å².